The van der Waals surface area contributed by atoms with Crippen LogP contribution in [0.2, 0.25) is 0 Å². The van der Waals surface area contributed by atoms with Crippen LogP contribution in [0.5, 0.6) is 0 Å². The minimum atomic E-state index is -0.123. The molecule has 0 aliphatic heterocycles. The predicted molar refractivity (Wildman–Crippen MR) is 126 cm³/mol. The molecule has 0 saturated heterocycles. The van der Waals surface area contributed by atoms with Crippen LogP contribution in [0.25, 0.3) is 0 Å². The molecule has 1 aliphatic rings. The lowest BCUT2D eigenvalue weighted by Crippen LogP contribution is -2.43. The monoisotopic (exact) mass is 422 g/mol. The Balaban J connectivity index is 1.27. The number of carbonyl (C=O) groups excluding carboxylic acids is 2. The molecule has 0 unspecified atom stereocenters. The topological polar surface area (TPSA) is 82.3 Å². The highest BCUT2D eigenvalue weighted by Gasteiger charge is 2.15. The van der Waals surface area contributed by atoms with Gasteiger partial charge in [-0.3, -0.25) is 4.79 Å². The lowest BCUT2D eigenvalue weighted by atomic mass is 9.96. The molecular formula is C25H34N4O2. The Morgan fingerprint density at radius 2 is 1.55 bits per heavy atom. The summed E-state index contributed by atoms with van der Waals surface area (Å²) < 4.78 is 0. The number of hydrogen-bond donors (Lipinski definition) is 4. The van der Waals surface area contributed by atoms with Crippen molar-refractivity contribution in [1.29, 1.82) is 0 Å². The molecule has 6 nitrogen and oxygen atoms in total. The van der Waals surface area contributed by atoms with Crippen molar-refractivity contribution >= 4 is 23.3 Å². The van der Waals surface area contributed by atoms with Crippen LogP contribution in [0.1, 0.15) is 50.5 Å². The number of amides is 3. The Kier molecular flexibility index (Phi) is 9.23. The molecule has 1 saturated carbocycles. The van der Waals surface area contributed by atoms with E-state index in [-0.39, 0.29) is 11.9 Å². The molecule has 2 aromatic rings. The van der Waals surface area contributed by atoms with Crippen LogP contribution in [0.4, 0.5) is 16.2 Å². The molecular weight excluding hydrogens is 388 g/mol. The normalized spacial score (nSPS) is 13.9. The smallest absolute Gasteiger partial charge is 0.315 e. The van der Waals surface area contributed by atoms with Gasteiger partial charge in [-0.2, -0.15) is 0 Å². The summed E-state index contributed by atoms with van der Waals surface area (Å²) in [6, 6.07) is 18.3. The molecule has 0 heterocycles. The molecule has 0 aromatic heterocycles. The van der Waals surface area contributed by atoms with Gasteiger partial charge in [-0.05, 0) is 55.5 Å². The average molecular weight is 423 g/mol. The highest BCUT2D eigenvalue weighted by atomic mass is 16.2. The van der Waals surface area contributed by atoms with Crippen LogP contribution in [-0.4, -0.2) is 31.1 Å². The van der Waals surface area contributed by atoms with E-state index in [4.69, 9.17) is 0 Å². The highest BCUT2D eigenvalue weighted by molar-refractivity contribution is 5.90. The van der Waals surface area contributed by atoms with Crippen molar-refractivity contribution in [3.05, 3.63) is 60.2 Å². The Labute approximate surface area is 185 Å². The minimum absolute atomic E-state index is 0.0423. The van der Waals surface area contributed by atoms with Crippen LogP contribution in [0, 0.1) is 0 Å². The van der Waals surface area contributed by atoms with Gasteiger partial charge in [0.15, 0.2) is 0 Å². The van der Waals surface area contributed by atoms with E-state index in [1.165, 1.54) is 24.8 Å². The summed E-state index contributed by atoms with van der Waals surface area (Å²) in [5.41, 5.74) is 3.11. The first-order chi connectivity index (χ1) is 15.2. The van der Waals surface area contributed by atoms with E-state index in [0.717, 1.165) is 37.2 Å². The van der Waals surface area contributed by atoms with Crippen LogP contribution in [0.15, 0.2) is 54.6 Å². The van der Waals surface area contributed by atoms with Crippen LogP contribution in [-0.2, 0) is 11.2 Å². The molecule has 2 aromatic carbocycles. The predicted octanol–water partition coefficient (Wildman–Crippen LogP) is 4.69. The van der Waals surface area contributed by atoms with Crippen LogP contribution in [0.3, 0.4) is 0 Å². The van der Waals surface area contributed by atoms with Crippen LogP contribution < -0.4 is 21.3 Å². The second-order valence-corrected chi connectivity index (χ2v) is 8.13. The molecule has 31 heavy (non-hydrogen) atoms. The summed E-state index contributed by atoms with van der Waals surface area (Å²) >= 11 is 0. The Morgan fingerprint density at radius 1 is 0.839 bits per heavy atom. The quantitative estimate of drug-likeness (QED) is 0.419. The van der Waals surface area contributed by atoms with Crippen molar-refractivity contribution in [2.75, 3.05) is 23.7 Å². The minimum Gasteiger partial charge on any atom is -0.385 e. The molecule has 1 fully saturated rings. The van der Waals surface area contributed by atoms with E-state index in [0.29, 0.717) is 25.4 Å². The van der Waals surface area contributed by atoms with Crippen molar-refractivity contribution < 1.29 is 9.59 Å². The van der Waals surface area contributed by atoms with Crippen molar-refractivity contribution in [2.24, 2.45) is 0 Å². The summed E-state index contributed by atoms with van der Waals surface area (Å²) in [6.45, 7) is 1.35. The van der Waals surface area contributed by atoms with E-state index in [1.807, 2.05) is 30.3 Å². The van der Waals surface area contributed by atoms with Gasteiger partial charge in [-0.25, -0.2) is 4.79 Å². The number of nitrogens with one attached hydrogen (secondary N) is 4. The van der Waals surface area contributed by atoms with Gasteiger partial charge in [0.25, 0.3) is 0 Å². The lowest BCUT2D eigenvalue weighted by molar-refractivity contribution is -0.116. The summed E-state index contributed by atoms with van der Waals surface area (Å²) in [4.78, 5) is 24.0. The first-order valence-corrected chi connectivity index (χ1v) is 11.4. The van der Waals surface area contributed by atoms with Crippen molar-refractivity contribution in [3.63, 3.8) is 0 Å². The highest BCUT2D eigenvalue weighted by Crippen LogP contribution is 2.17. The zero-order valence-electron chi connectivity index (χ0n) is 18.2. The first-order valence-electron chi connectivity index (χ1n) is 11.4. The molecule has 4 N–H and O–H groups in total. The molecule has 3 rings (SSSR count). The summed E-state index contributed by atoms with van der Waals surface area (Å²) in [5.74, 6) is -0.0423. The second kappa shape index (κ2) is 12.6. The zero-order chi connectivity index (χ0) is 21.7. The van der Waals surface area contributed by atoms with Crippen molar-refractivity contribution in [1.82, 2.24) is 10.6 Å². The number of rotatable bonds is 10. The first kappa shape index (κ1) is 22.7. The van der Waals surface area contributed by atoms with E-state index >= 15 is 0 Å². The third-order valence-corrected chi connectivity index (χ3v) is 5.56. The number of carbonyl (C=O) groups is 2. The van der Waals surface area contributed by atoms with E-state index in [1.54, 1.807) is 0 Å². The van der Waals surface area contributed by atoms with Crippen LogP contribution >= 0.6 is 0 Å². The van der Waals surface area contributed by atoms with Gasteiger partial charge in [0.05, 0.1) is 0 Å². The number of anilines is 2. The van der Waals surface area contributed by atoms with Gasteiger partial charge < -0.3 is 21.3 Å². The van der Waals surface area contributed by atoms with Gasteiger partial charge in [0.2, 0.25) is 5.91 Å². The Hall–Kier alpha value is -3.02. The second-order valence-electron chi connectivity index (χ2n) is 8.13. The lowest BCUT2D eigenvalue weighted by Gasteiger charge is -2.22. The standard InChI is InChI=1S/C25H34N4O2/c30-24(12-7-18-27-25(31)29-22-10-5-2-6-11-22)28-23-15-13-21(14-16-23)26-19-17-20-8-3-1-4-9-20/h1,3-4,8-9,13-16,22,26H,2,5-7,10-12,17-19H2,(H,28,30)(H2,27,29,31). The SMILES string of the molecule is O=C(CCCNC(=O)NC1CCCCC1)Nc1ccc(NCCc2ccccc2)cc1. The number of urea groups is 1. The maximum absolute atomic E-state index is 12.1. The van der Waals surface area contributed by atoms with Crippen molar-refractivity contribution in [3.8, 4) is 0 Å². The van der Waals surface area contributed by atoms with E-state index < -0.39 is 0 Å². The largest absolute Gasteiger partial charge is 0.385 e. The fraction of sp³-hybridized carbons (Fsp3) is 0.440. The molecule has 6 heteroatoms. The Morgan fingerprint density at radius 3 is 2.29 bits per heavy atom. The molecule has 166 valence electrons. The summed E-state index contributed by atoms with van der Waals surface area (Å²) in [5, 5.41) is 12.2. The third kappa shape index (κ3) is 8.70. The molecule has 3 amide bonds. The maximum Gasteiger partial charge on any atom is 0.315 e. The van der Waals surface area contributed by atoms with Crippen molar-refractivity contribution in [2.45, 2.75) is 57.4 Å². The molecule has 0 atom stereocenters. The molecule has 0 radical (unpaired) electrons. The number of hydrogen-bond acceptors (Lipinski definition) is 3. The fourth-order valence-electron chi connectivity index (χ4n) is 3.82. The van der Waals surface area contributed by atoms with E-state index in [2.05, 4.69) is 45.5 Å². The van der Waals surface area contributed by atoms with Gasteiger partial charge in [-0.1, -0.05) is 49.6 Å². The zero-order valence-corrected chi connectivity index (χ0v) is 18.2. The van der Waals surface area contributed by atoms with Gasteiger partial charge in [0, 0.05) is 36.9 Å². The molecule has 0 bridgehead atoms. The van der Waals surface area contributed by atoms with E-state index in [9.17, 15) is 9.59 Å². The summed E-state index contributed by atoms with van der Waals surface area (Å²) in [7, 11) is 0. The maximum atomic E-state index is 12.1. The average Bonchev–Trinajstić information content (AvgIpc) is 2.79. The van der Waals surface area contributed by atoms with Gasteiger partial charge in [0.1, 0.15) is 0 Å². The van der Waals surface area contributed by atoms with Gasteiger partial charge >= 0.3 is 6.03 Å². The molecule has 0 spiro atoms. The van der Waals surface area contributed by atoms with Gasteiger partial charge in [-0.15, -0.1) is 0 Å². The third-order valence-electron chi connectivity index (χ3n) is 5.56. The molecule has 1 aliphatic carbocycles. The summed E-state index contributed by atoms with van der Waals surface area (Å²) in [6.07, 6.45) is 7.73. The number of benzene rings is 2. The Bertz CT molecular complexity index is 802. The fourth-order valence-corrected chi connectivity index (χ4v) is 3.82.